The fourth-order valence-electron chi connectivity index (χ4n) is 2.76. The second-order valence-electron chi connectivity index (χ2n) is 5.73. The van der Waals surface area contributed by atoms with E-state index in [0.29, 0.717) is 18.8 Å². The highest BCUT2D eigenvalue weighted by Gasteiger charge is 2.26. The van der Waals surface area contributed by atoms with Crippen molar-refractivity contribution in [1.29, 1.82) is 0 Å². The second-order valence-corrected chi connectivity index (χ2v) is 6.65. The molecular weight excluding hydrogens is 370 g/mol. The summed E-state index contributed by atoms with van der Waals surface area (Å²) in [5.74, 6) is 0.738. The number of hydrogen-bond acceptors (Lipinski definition) is 4. The topological polar surface area (TPSA) is 45.7 Å². The van der Waals surface area contributed by atoms with Crippen LogP contribution in [0.3, 0.4) is 0 Å². The highest BCUT2D eigenvalue weighted by molar-refractivity contribution is 9.10. The van der Waals surface area contributed by atoms with E-state index in [0.717, 1.165) is 23.2 Å². The van der Waals surface area contributed by atoms with Crippen LogP contribution in [0.5, 0.6) is 5.75 Å². The smallest absolute Gasteiger partial charge is 0.263 e. The molecule has 3 rings (SSSR count). The van der Waals surface area contributed by atoms with Crippen molar-refractivity contribution >= 4 is 27.5 Å². The molecule has 0 N–H and O–H groups in total. The summed E-state index contributed by atoms with van der Waals surface area (Å²) in [6, 6.07) is 11.5. The summed E-state index contributed by atoms with van der Waals surface area (Å²) in [5.41, 5.74) is 1.15. The molecule has 1 aliphatic rings. The molecule has 1 aromatic heterocycles. The Morgan fingerprint density at radius 3 is 2.33 bits per heavy atom. The van der Waals surface area contributed by atoms with E-state index in [2.05, 4.69) is 25.8 Å². The number of amides is 1. The monoisotopic (exact) mass is 389 g/mol. The molecule has 1 atom stereocenters. The maximum atomic E-state index is 12.6. The van der Waals surface area contributed by atoms with Gasteiger partial charge in [-0.3, -0.25) is 9.78 Å². The van der Waals surface area contributed by atoms with Gasteiger partial charge in [0.2, 0.25) is 0 Å². The van der Waals surface area contributed by atoms with Crippen LogP contribution in [0, 0.1) is 0 Å². The van der Waals surface area contributed by atoms with Crippen molar-refractivity contribution in [1.82, 2.24) is 9.88 Å². The molecule has 6 heteroatoms. The Morgan fingerprint density at radius 2 is 1.71 bits per heavy atom. The first-order valence-corrected chi connectivity index (χ1v) is 8.79. The van der Waals surface area contributed by atoms with Crippen LogP contribution in [0.15, 0.2) is 53.3 Å². The molecule has 0 radical (unpaired) electrons. The van der Waals surface area contributed by atoms with Crippen LogP contribution in [0.2, 0.25) is 0 Å². The van der Waals surface area contributed by atoms with Gasteiger partial charge in [0, 0.05) is 48.7 Å². The summed E-state index contributed by atoms with van der Waals surface area (Å²) in [7, 11) is 0. The first-order chi connectivity index (χ1) is 11.6. The van der Waals surface area contributed by atoms with Crippen molar-refractivity contribution in [2.24, 2.45) is 0 Å². The minimum absolute atomic E-state index is 0.0345. The zero-order valence-electron chi connectivity index (χ0n) is 13.6. The summed E-state index contributed by atoms with van der Waals surface area (Å²) in [6.07, 6.45) is 3.10. The van der Waals surface area contributed by atoms with Crippen molar-refractivity contribution in [2.75, 3.05) is 31.1 Å². The molecular formula is C18H20BrN3O2. The molecule has 0 spiro atoms. The molecule has 126 valence electrons. The van der Waals surface area contributed by atoms with Gasteiger partial charge in [-0.1, -0.05) is 15.9 Å². The zero-order valence-corrected chi connectivity index (χ0v) is 15.1. The molecule has 24 heavy (non-hydrogen) atoms. The predicted molar refractivity (Wildman–Crippen MR) is 97.3 cm³/mol. The van der Waals surface area contributed by atoms with Crippen LogP contribution in [-0.2, 0) is 4.79 Å². The molecule has 1 amide bonds. The number of pyridine rings is 1. The van der Waals surface area contributed by atoms with Crippen LogP contribution in [0.25, 0.3) is 0 Å². The number of ether oxygens (including phenoxy) is 1. The number of anilines is 1. The van der Waals surface area contributed by atoms with Gasteiger partial charge in [-0.05, 0) is 43.3 Å². The van der Waals surface area contributed by atoms with Gasteiger partial charge in [0.05, 0.1) is 0 Å². The van der Waals surface area contributed by atoms with E-state index in [9.17, 15) is 4.79 Å². The Hall–Kier alpha value is -2.08. The highest BCUT2D eigenvalue weighted by Crippen LogP contribution is 2.19. The van der Waals surface area contributed by atoms with Crippen LogP contribution < -0.4 is 9.64 Å². The number of nitrogens with zero attached hydrogens (tertiary/aromatic N) is 3. The number of hydrogen-bond donors (Lipinski definition) is 0. The summed E-state index contributed by atoms with van der Waals surface area (Å²) in [5, 5.41) is 0. The molecule has 5 nitrogen and oxygen atoms in total. The van der Waals surface area contributed by atoms with E-state index in [1.54, 1.807) is 19.3 Å². The van der Waals surface area contributed by atoms with Gasteiger partial charge in [0.1, 0.15) is 5.75 Å². The number of aromatic nitrogens is 1. The van der Waals surface area contributed by atoms with Crippen molar-refractivity contribution < 1.29 is 9.53 Å². The molecule has 1 saturated heterocycles. The van der Waals surface area contributed by atoms with Gasteiger partial charge in [0.25, 0.3) is 5.91 Å². The Labute approximate surface area is 150 Å². The summed E-state index contributed by atoms with van der Waals surface area (Å²) in [4.78, 5) is 20.8. The van der Waals surface area contributed by atoms with Gasteiger partial charge >= 0.3 is 0 Å². The maximum absolute atomic E-state index is 12.6. The molecule has 0 saturated carbocycles. The summed E-state index contributed by atoms with van der Waals surface area (Å²) in [6.45, 7) is 4.85. The zero-order chi connectivity index (χ0) is 16.9. The first-order valence-electron chi connectivity index (χ1n) is 7.99. The summed E-state index contributed by atoms with van der Waals surface area (Å²) < 4.78 is 6.75. The largest absolute Gasteiger partial charge is 0.481 e. The van der Waals surface area contributed by atoms with Gasteiger partial charge in [0.15, 0.2) is 6.10 Å². The van der Waals surface area contributed by atoms with Crippen LogP contribution in [0.1, 0.15) is 6.92 Å². The third-order valence-corrected chi connectivity index (χ3v) is 4.62. The predicted octanol–water partition coefficient (Wildman–Crippen LogP) is 2.96. The van der Waals surface area contributed by atoms with Crippen molar-refractivity contribution in [3.05, 3.63) is 53.3 Å². The third-order valence-electron chi connectivity index (χ3n) is 4.09. The number of carbonyl (C=O) groups excluding carboxylic acids is 1. The minimum Gasteiger partial charge on any atom is -0.481 e. The number of piperazine rings is 1. The van der Waals surface area contributed by atoms with E-state index >= 15 is 0 Å². The Bertz CT molecular complexity index is 670. The molecule has 2 aromatic rings. The third kappa shape index (κ3) is 4.06. The molecule has 1 aliphatic heterocycles. The molecule has 1 fully saturated rings. The SMILES string of the molecule is CC(Oc1ccc(Br)cc1)C(=O)N1CCN(c2ccncc2)CC1. The number of rotatable bonds is 4. The van der Waals surface area contributed by atoms with Gasteiger partial charge in [-0.15, -0.1) is 0 Å². The van der Waals surface area contributed by atoms with E-state index in [1.165, 1.54) is 0 Å². The van der Waals surface area contributed by atoms with Crippen molar-refractivity contribution in [2.45, 2.75) is 13.0 Å². The quantitative estimate of drug-likeness (QED) is 0.806. The van der Waals surface area contributed by atoms with Crippen LogP contribution in [-0.4, -0.2) is 48.1 Å². The lowest BCUT2D eigenvalue weighted by molar-refractivity contribution is -0.138. The maximum Gasteiger partial charge on any atom is 0.263 e. The van der Waals surface area contributed by atoms with Crippen molar-refractivity contribution in [3.63, 3.8) is 0 Å². The number of benzene rings is 1. The highest BCUT2D eigenvalue weighted by atomic mass is 79.9. The Kier molecular flexibility index (Phi) is 5.35. The Morgan fingerprint density at radius 1 is 1.08 bits per heavy atom. The molecule has 1 aromatic carbocycles. The molecule has 2 heterocycles. The van der Waals surface area contributed by atoms with Gasteiger partial charge in [-0.25, -0.2) is 0 Å². The molecule has 0 bridgehead atoms. The fraction of sp³-hybridized carbons (Fsp3) is 0.333. The Balaban J connectivity index is 1.53. The van der Waals surface area contributed by atoms with E-state index in [1.807, 2.05) is 41.3 Å². The van der Waals surface area contributed by atoms with E-state index < -0.39 is 6.10 Å². The van der Waals surface area contributed by atoms with Gasteiger partial charge < -0.3 is 14.5 Å². The average Bonchev–Trinajstić information content (AvgIpc) is 2.64. The fourth-order valence-corrected chi connectivity index (χ4v) is 3.03. The minimum atomic E-state index is -0.487. The van der Waals surface area contributed by atoms with Crippen LogP contribution >= 0.6 is 15.9 Å². The van der Waals surface area contributed by atoms with E-state index in [-0.39, 0.29) is 5.91 Å². The lowest BCUT2D eigenvalue weighted by atomic mass is 10.2. The van der Waals surface area contributed by atoms with E-state index in [4.69, 9.17) is 4.74 Å². The lowest BCUT2D eigenvalue weighted by Gasteiger charge is -2.37. The van der Waals surface area contributed by atoms with Crippen molar-refractivity contribution in [3.8, 4) is 5.75 Å². The molecule has 0 aliphatic carbocycles. The number of halogens is 1. The molecule has 1 unspecified atom stereocenters. The second kappa shape index (κ2) is 7.66. The van der Waals surface area contributed by atoms with Crippen LogP contribution in [0.4, 0.5) is 5.69 Å². The van der Waals surface area contributed by atoms with Gasteiger partial charge in [-0.2, -0.15) is 0 Å². The average molecular weight is 390 g/mol. The first kappa shape index (κ1) is 16.8. The standard InChI is InChI=1S/C18H20BrN3O2/c1-14(24-17-4-2-15(19)3-5-17)18(23)22-12-10-21(11-13-22)16-6-8-20-9-7-16/h2-9,14H,10-13H2,1H3. The summed E-state index contributed by atoms with van der Waals surface area (Å²) >= 11 is 3.39. The normalized spacial score (nSPS) is 15.9. The lowest BCUT2D eigenvalue weighted by Crippen LogP contribution is -2.52. The number of carbonyl (C=O) groups is 1.